The smallest absolute Gasteiger partial charge is 0.234 e. The molecule has 28 heavy (non-hydrogen) atoms. The van der Waals surface area contributed by atoms with E-state index in [4.69, 9.17) is 0 Å². The third-order valence-electron chi connectivity index (χ3n) is 5.51. The van der Waals surface area contributed by atoms with Crippen molar-refractivity contribution in [2.75, 3.05) is 11.1 Å². The number of carbonyl (C=O) groups excluding carboxylic acids is 1. The van der Waals surface area contributed by atoms with Crippen LogP contribution in [0.15, 0.2) is 36.0 Å². The largest absolute Gasteiger partial charge is 0.325 e. The van der Waals surface area contributed by atoms with Crippen molar-refractivity contribution in [1.82, 2.24) is 14.8 Å². The van der Waals surface area contributed by atoms with E-state index < -0.39 is 0 Å². The molecule has 1 heterocycles. The molecular weight excluding hydrogens is 368 g/mol. The molecule has 150 valence electrons. The fourth-order valence-corrected chi connectivity index (χ4v) is 4.51. The van der Waals surface area contributed by atoms with Gasteiger partial charge in [-0.2, -0.15) is 0 Å². The Morgan fingerprint density at radius 3 is 2.82 bits per heavy atom. The maximum absolute atomic E-state index is 12.4. The van der Waals surface area contributed by atoms with Crippen molar-refractivity contribution in [3.05, 3.63) is 47.8 Å². The average Bonchev–Trinajstić information content (AvgIpc) is 3.06. The summed E-state index contributed by atoms with van der Waals surface area (Å²) in [6.45, 7) is 8.62. The van der Waals surface area contributed by atoms with E-state index in [1.54, 1.807) is 0 Å². The highest BCUT2D eigenvalue weighted by atomic mass is 32.2. The van der Waals surface area contributed by atoms with Crippen LogP contribution < -0.4 is 5.32 Å². The summed E-state index contributed by atoms with van der Waals surface area (Å²) < 4.78 is 2.11. The zero-order chi connectivity index (χ0) is 19.9. The summed E-state index contributed by atoms with van der Waals surface area (Å²) in [5.41, 5.74) is 3.14. The van der Waals surface area contributed by atoms with Gasteiger partial charge < -0.3 is 9.88 Å². The number of hydrogen-bond acceptors (Lipinski definition) is 4. The van der Waals surface area contributed by atoms with Crippen molar-refractivity contribution < 1.29 is 4.79 Å². The number of amides is 1. The minimum absolute atomic E-state index is 0.0271. The maximum Gasteiger partial charge on any atom is 0.234 e. The zero-order valence-electron chi connectivity index (χ0n) is 16.9. The molecule has 1 aromatic heterocycles. The van der Waals surface area contributed by atoms with Crippen LogP contribution in [0.5, 0.6) is 0 Å². The molecule has 1 aromatic carbocycles. The van der Waals surface area contributed by atoms with Gasteiger partial charge in [0.15, 0.2) is 5.16 Å². The Kier molecular flexibility index (Phi) is 7.31. The van der Waals surface area contributed by atoms with Crippen LogP contribution in [0.25, 0.3) is 0 Å². The van der Waals surface area contributed by atoms with E-state index in [2.05, 4.69) is 26.7 Å². The Hall–Kier alpha value is -2.08. The fraction of sp³-hybridized carbons (Fsp3) is 0.500. The number of hydrogen-bond donors (Lipinski definition) is 1. The lowest BCUT2D eigenvalue weighted by molar-refractivity contribution is -0.113. The summed E-state index contributed by atoms with van der Waals surface area (Å²) in [5, 5.41) is 12.6. The first kappa shape index (κ1) is 20.6. The Bertz CT molecular complexity index is 824. The van der Waals surface area contributed by atoms with Crippen LogP contribution in [-0.4, -0.2) is 26.4 Å². The number of nitrogens with one attached hydrogen (secondary N) is 1. The van der Waals surface area contributed by atoms with Crippen LogP contribution in [0.3, 0.4) is 0 Å². The SMILES string of the molecule is C=CCn1c(CC2CCCCC2)nnc1SCC(=O)Nc1cccc(C)c1C. The highest BCUT2D eigenvalue weighted by Crippen LogP contribution is 2.28. The zero-order valence-corrected chi connectivity index (χ0v) is 17.7. The molecule has 1 aliphatic rings. The van der Waals surface area contributed by atoms with Gasteiger partial charge in [0.05, 0.1) is 5.75 Å². The number of nitrogens with zero attached hydrogens (tertiary/aromatic N) is 3. The van der Waals surface area contributed by atoms with Crippen LogP contribution in [0.1, 0.15) is 49.1 Å². The third-order valence-corrected chi connectivity index (χ3v) is 6.48. The minimum atomic E-state index is -0.0271. The average molecular weight is 399 g/mol. The van der Waals surface area contributed by atoms with E-state index in [1.807, 2.05) is 38.1 Å². The summed E-state index contributed by atoms with van der Waals surface area (Å²) in [6.07, 6.45) is 9.39. The number of thioether (sulfide) groups is 1. The molecule has 1 aliphatic carbocycles. The molecule has 1 amide bonds. The summed E-state index contributed by atoms with van der Waals surface area (Å²) in [4.78, 5) is 12.4. The predicted octanol–water partition coefficient (Wildman–Crippen LogP) is 4.93. The Morgan fingerprint density at radius 1 is 1.29 bits per heavy atom. The first-order valence-electron chi connectivity index (χ1n) is 10.1. The van der Waals surface area contributed by atoms with Crippen molar-refractivity contribution in [2.45, 2.75) is 64.1 Å². The van der Waals surface area contributed by atoms with Crippen molar-refractivity contribution >= 4 is 23.4 Å². The molecule has 0 unspecified atom stereocenters. The Morgan fingerprint density at radius 2 is 2.07 bits per heavy atom. The molecule has 0 aliphatic heterocycles. The lowest BCUT2D eigenvalue weighted by Crippen LogP contribution is -2.16. The van der Waals surface area contributed by atoms with Gasteiger partial charge in [0.25, 0.3) is 0 Å². The highest BCUT2D eigenvalue weighted by molar-refractivity contribution is 7.99. The van der Waals surface area contributed by atoms with Gasteiger partial charge in [-0.05, 0) is 37.0 Å². The van der Waals surface area contributed by atoms with Gasteiger partial charge in [0.1, 0.15) is 5.82 Å². The summed E-state index contributed by atoms with van der Waals surface area (Å²) in [6, 6.07) is 5.95. The van der Waals surface area contributed by atoms with Gasteiger partial charge in [0.2, 0.25) is 5.91 Å². The molecule has 1 N–H and O–H groups in total. The summed E-state index contributed by atoms with van der Waals surface area (Å²) in [7, 11) is 0. The van der Waals surface area contributed by atoms with Crippen LogP contribution in [-0.2, 0) is 17.8 Å². The van der Waals surface area contributed by atoms with Gasteiger partial charge in [-0.15, -0.1) is 16.8 Å². The molecule has 0 bridgehead atoms. The molecule has 3 rings (SSSR count). The van der Waals surface area contributed by atoms with Crippen LogP contribution in [0.2, 0.25) is 0 Å². The van der Waals surface area contributed by atoms with E-state index >= 15 is 0 Å². The summed E-state index contributed by atoms with van der Waals surface area (Å²) >= 11 is 1.44. The molecule has 1 saturated carbocycles. The van der Waals surface area contributed by atoms with Gasteiger partial charge >= 0.3 is 0 Å². The van der Waals surface area contributed by atoms with E-state index in [-0.39, 0.29) is 5.91 Å². The van der Waals surface area contributed by atoms with E-state index in [0.717, 1.165) is 28.7 Å². The number of anilines is 1. The monoisotopic (exact) mass is 398 g/mol. The van der Waals surface area contributed by atoms with Crippen molar-refractivity contribution in [3.63, 3.8) is 0 Å². The molecule has 0 saturated heterocycles. The normalized spacial score (nSPS) is 14.8. The number of rotatable bonds is 8. The van der Waals surface area contributed by atoms with Crippen LogP contribution in [0.4, 0.5) is 5.69 Å². The van der Waals surface area contributed by atoms with Crippen molar-refractivity contribution in [1.29, 1.82) is 0 Å². The van der Waals surface area contributed by atoms with Gasteiger partial charge in [-0.1, -0.05) is 62.1 Å². The second-order valence-electron chi connectivity index (χ2n) is 7.59. The lowest BCUT2D eigenvalue weighted by Gasteiger charge is -2.21. The minimum Gasteiger partial charge on any atom is -0.325 e. The van der Waals surface area contributed by atoms with Crippen LogP contribution in [0, 0.1) is 19.8 Å². The second-order valence-corrected chi connectivity index (χ2v) is 8.53. The molecule has 2 aromatic rings. The standard InChI is InChI=1S/C22H30N4OS/c1-4-13-26-20(14-18-10-6-5-7-11-18)24-25-22(26)28-15-21(27)23-19-12-8-9-16(2)17(19)3/h4,8-9,12,18H,1,5-7,10-11,13-15H2,2-3H3,(H,23,27). The van der Waals surface area contributed by atoms with Gasteiger partial charge in [0, 0.05) is 18.7 Å². The molecule has 5 nitrogen and oxygen atoms in total. The molecule has 0 spiro atoms. The third kappa shape index (κ3) is 5.25. The van der Waals surface area contributed by atoms with Gasteiger partial charge in [-0.25, -0.2) is 0 Å². The quantitative estimate of drug-likeness (QED) is 0.506. The topological polar surface area (TPSA) is 59.8 Å². The van der Waals surface area contributed by atoms with E-state index in [1.165, 1.54) is 49.4 Å². The molecular formula is C22H30N4OS. The first-order chi connectivity index (χ1) is 13.6. The molecule has 1 fully saturated rings. The number of benzene rings is 1. The van der Waals surface area contributed by atoms with Crippen molar-refractivity contribution in [2.24, 2.45) is 5.92 Å². The van der Waals surface area contributed by atoms with Crippen LogP contribution >= 0.6 is 11.8 Å². The fourth-order valence-electron chi connectivity index (χ4n) is 3.74. The van der Waals surface area contributed by atoms with Crippen molar-refractivity contribution in [3.8, 4) is 0 Å². The molecule has 0 atom stereocenters. The lowest BCUT2D eigenvalue weighted by atomic mass is 9.87. The summed E-state index contributed by atoms with van der Waals surface area (Å²) in [5.74, 6) is 2.00. The molecule has 6 heteroatoms. The number of allylic oxidation sites excluding steroid dienone is 1. The Labute approximate surface area is 172 Å². The Balaban J connectivity index is 1.62. The van der Waals surface area contributed by atoms with E-state index in [0.29, 0.717) is 18.2 Å². The predicted molar refractivity (Wildman–Crippen MR) is 116 cm³/mol. The molecule has 0 radical (unpaired) electrons. The first-order valence-corrected chi connectivity index (χ1v) is 11.1. The number of aryl methyl sites for hydroxylation is 1. The van der Waals surface area contributed by atoms with E-state index in [9.17, 15) is 4.79 Å². The second kappa shape index (κ2) is 9.92. The van der Waals surface area contributed by atoms with Gasteiger partial charge in [-0.3, -0.25) is 4.79 Å². The maximum atomic E-state index is 12.4. The number of carbonyl (C=O) groups is 1. The highest BCUT2D eigenvalue weighted by Gasteiger charge is 2.19. The number of aromatic nitrogens is 3.